The fourth-order valence-corrected chi connectivity index (χ4v) is 3.48. The Morgan fingerprint density at radius 1 is 1.12 bits per heavy atom. The van der Waals surface area contributed by atoms with Gasteiger partial charge in [0.25, 0.3) is 5.91 Å². The molecular formula is C21H27NO2. The second kappa shape index (κ2) is 8.18. The first-order valence-electron chi connectivity index (χ1n) is 9.19. The Bertz CT molecular complexity index is 676. The average Bonchev–Trinajstić information content (AvgIpc) is 2.65. The van der Waals surface area contributed by atoms with Gasteiger partial charge in [-0.3, -0.25) is 4.79 Å². The zero-order valence-corrected chi connectivity index (χ0v) is 14.5. The number of carbonyl (C=O) groups is 1. The van der Waals surface area contributed by atoms with Crippen molar-refractivity contribution in [3.63, 3.8) is 0 Å². The second-order valence-corrected chi connectivity index (χ2v) is 6.77. The average molecular weight is 325 g/mol. The molecule has 0 spiro atoms. The lowest BCUT2D eigenvalue weighted by atomic mass is 9.89. The molecule has 0 saturated heterocycles. The Kier molecular flexibility index (Phi) is 5.73. The first-order chi connectivity index (χ1) is 11.8. The second-order valence-electron chi connectivity index (χ2n) is 6.77. The highest BCUT2D eigenvalue weighted by Gasteiger charge is 2.20. The molecule has 1 N–H and O–H groups in total. The van der Waals surface area contributed by atoms with Gasteiger partial charge < -0.3 is 10.1 Å². The van der Waals surface area contributed by atoms with E-state index in [1.807, 2.05) is 37.3 Å². The smallest absolute Gasteiger partial charge is 0.261 e. The third-order valence-electron chi connectivity index (χ3n) is 4.95. The number of benzene rings is 2. The molecule has 1 amide bonds. The van der Waals surface area contributed by atoms with Crippen molar-refractivity contribution in [3.05, 3.63) is 42.5 Å². The van der Waals surface area contributed by atoms with Crippen LogP contribution in [0, 0.1) is 5.92 Å². The lowest BCUT2D eigenvalue weighted by Crippen LogP contribution is -2.40. The van der Waals surface area contributed by atoms with Gasteiger partial charge in [0.2, 0.25) is 0 Å². The van der Waals surface area contributed by atoms with Gasteiger partial charge in [-0.2, -0.15) is 0 Å². The maximum absolute atomic E-state index is 12.4. The summed E-state index contributed by atoms with van der Waals surface area (Å²) >= 11 is 0. The number of amides is 1. The van der Waals surface area contributed by atoms with Crippen LogP contribution in [-0.4, -0.2) is 18.6 Å². The molecule has 0 radical (unpaired) electrons. The first kappa shape index (κ1) is 16.8. The highest BCUT2D eigenvalue weighted by Crippen LogP contribution is 2.24. The molecule has 24 heavy (non-hydrogen) atoms. The Morgan fingerprint density at radius 3 is 2.62 bits per heavy atom. The highest BCUT2D eigenvalue weighted by atomic mass is 16.5. The Morgan fingerprint density at radius 2 is 1.88 bits per heavy atom. The van der Waals surface area contributed by atoms with Gasteiger partial charge in [0, 0.05) is 6.54 Å². The van der Waals surface area contributed by atoms with Crippen LogP contribution in [0.2, 0.25) is 0 Å². The number of carbonyl (C=O) groups excluding carboxylic acids is 1. The molecule has 1 unspecified atom stereocenters. The molecule has 1 fully saturated rings. The van der Waals surface area contributed by atoms with Crippen molar-refractivity contribution in [1.82, 2.24) is 5.32 Å². The van der Waals surface area contributed by atoms with Crippen molar-refractivity contribution in [2.75, 3.05) is 6.54 Å². The van der Waals surface area contributed by atoms with Gasteiger partial charge in [-0.25, -0.2) is 0 Å². The van der Waals surface area contributed by atoms with E-state index in [4.69, 9.17) is 4.74 Å². The number of ether oxygens (including phenoxy) is 1. The fourth-order valence-electron chi connectivity index (χ4n) is 3.48. The highest BCUT2D eigenvalue weighted by molar-refractivity contribution is 5.84. The minimum absolute atomic E-state index is 0.0104. The minimum atomic E-state index is -0.422. The van der Waals surface area contributed by atoms with Gasteiger partial charge in [0.15, 0.2) is 6.10 Å². The van der Waals surface area contributed by atoms with Crippen molar-refractivity contribution in [1.29, 1.82) is 0 Å². The van der Waals surface area contributed by atoms with Crippen LogP contribution in [0.5, 0.6) is 5.75 Å². The van der Waals surface area contributed by atoms with Crippen LogP contribution < -0.4 is 10.1 Å². The Hall–Kier alpha value is -2.03. The molecule has 1 aliphatic rings. The first-order valence-corrected chi connectivity index (χ1v) is 9.19. The number of rotatable bonds is 6. The predicted molar refractivity (Wildman–Crippen MR) is 98.2 cm³/mol. The lowest BCUT2D eigenvalue weighted by Gasteiger charge is -2.23. The molecule has 2 aromatic carbocycles. The summed E-state index contributed by atoms with van der Waals surface area (Å²) in [6.07, 6.45) is 6.66. The molecule has 2 aromatic rings. The molecule has 3 heteroatoms. The summed E-state index contributed by atoms with van der Waals surface area (Å²) in [7, 11) is 0. The van der Waals surface area contributed by atoms with E-state index in [1.54, 1.807) is 0 Å². The normalized spacial score (nSPS) is 16.7. The molecule has 1 saturated carbocycles. The summed E-state index contributed by atoms with van der Waals surface area (Å²) in [5, 5.41) is 5.41. The van der Waals surface area contributed by atoms with E-state index in [2.05, 4.69) is 17.4 Å². The van der Waals surface area contributed by atoms with Crippen molar-refractivity contribution in [3.8, 4) is 5.75 Å². The lowest BCUT2D eigenvalue weighted by molar-refractivity contribution is -0.128. The van der Waals surface area contributed by atoms with Crippen LogP contribution in [0.1, 0.15) is 45.4 Å². The van der Waals surface area contributed by atoms with E-state index in [9.17, 15) is 4.79 Å². The van der Waals surface area contributed by atoms with Crippen LogP contribution in [0.25, 0.3) is 10.8 Å². The Balaban J connectivity index is 1.58. The monoisotopic (exact) mass is 325 g/mol. The molecule has 3 nitrogen and oxygen atoms in total. The molecule has 128 valence electrons. The fraction of sp³-hybridized carbons (Fsp3) is 0.476. The summed E-state index contributed by atoms with van der Waals surface area (Å²) < 4.78 is 5.96. The van der Waals surface area contributed by atoms with E-state index >= 15 is 0 Å². The zero-order chi connectivity index (χ0) is 16.8. The van der Waals surface area contributed by atoms with Crippen LogP contribution in [0.4, 0.5) is 0 Å². The van der Waals surface area contributed by atoms with Gasteiger partial charge in [0.1, 0.15) is 5.75 Å². The number of fused-ring (bicyclic) bond motifs is 1. The SMILES string of the molecule is CCC(Oc1ccc2ccccc2c1)C(=O)NCC1CCCCC1. The van der Waals surface area contributed by atoms with Crippen molar-refractivity contribution < 1.29 is 9.53 Å². The van der Waals surface area contributed by atoms with E-state index in [0.717, 1.165) is 17.7 Å². The molecular weight excluding hydrogens is 298 g/mol. The molecule has 0 heterocycles. The van der Waals surface area contributed by atoms with Crippen molar-refractivity contribution in [2.24, 2.45) is 5.92 Å². The molecule has 3 rings (SSSR count). The standard InChI is InChI=1S/C21H27NO2/c1-2-20(21(23)22-15-16-8-4-3-5-9-16)24-19-13-12-17-10-6-7-11-18(17)14-19/h6-7,10-14,16,20H,2-5,8-9,15H2,1H3,(H,22,23). The maximum atomic E-state index is 12.4. The zero-order valence-electron chi connectivity index (χ0n) is 14.5. The van der Waals surface area contributed by atoms with E-state index in [1.165, 1.54) is 37.5 Å². The van der Waals surface area contributed by atoms with E-state index in [0.29, 0.717) is 12.3 Å². The molecule has 1 atom stereocenters. The van der Waals surface area contributed by atoms with Crippen LogP contribution in [0.15, 0.2) is 42.5 Å². The molecule has 1 aliphatic carbocycles. The minimum Gasteiger partial charge on any atom is -0.481 e. The topological polar surface area (TPSA) is 38.3 Å². The van der Waals surface area contributed by atoms with Crippen LogP contribution in [0.3, 0.4) is 0 Å². The summed E-state index contributed by atoms with van der Waals surface area (Å²) in [5.41, 5.74) is 0. The summed E-state index contributed by atoms with van der Waals surface area (Å²) in [4.78, 5) is 12.4. The van der Waals surface area contributed by atoms with E-state index in [-0.39, 0.29) is 5.91 Å². The van der Waals surface area contributed by atoms with Gasteiger partial charge in [0.05, 0.1) is 0 Å². The maximum Gasteiger partial charge on any atom is 0.261 e. The van der Waals surface area contributed by atoms with Gasteiger partial charge in [-0.1, -0.05) is 56.5 Å². The van der Waals surface area contributed by atoms with Crippen LogP contribution >= 0.6 is 0 Å². The van der Waals surface area contributed by atoms with E-state index < -0.39 is 6.10 Å². The van der Waals surface area contributed by atoms with Gasteiger partial charge in [-0.15, -0.1) is 0 Å². The third kappa shape index (κ3) is 4.28. The number of hydrogen-bond acceptors (Lipinski definition) is 2. The summed E-state index contributed by atoms with van der Waals surface area (Å²) in [6, 6.07) is 14.2. The number of nitrogens with one attached hydrogen (secondary N) is 1. The van der Waals surface area contributed by atoms with Gasteiger partial charge >= 0.3 is 0 Å². The third-order valence-corrected chi connectivity index (χ3v) is 4.95. The summed E-state index contributed by atoms with van der Waals surface area (Å²) in [5.74, 6) is 1.41. The number of hydrogen-bond donors (Lipinski definition) is 1. The van der Waals surface area contributed by atoms with Crippen molar-refractivity contribution in [2.45, 2.75) is 51.6 Å². The quantitative estimate of drug-likeness (QED) is 0.836. The Labute approximate surface area is 144 Å². The predicted octanol–water partition coefficient (Wildman–Crippen LogP) is 4.69. The molecule has 0 bridgehead atoms. The largest absolute Gasteiger partial charge is 0.481 e. The van der Waals surface area contributed by atoms with Crippen LogP contribution in [-0.2, 0) is 4.79 Å². The molecule has 0 aromatic heterocycles. The van der Waals surface area contributed by atoms with Crippen molar-refractivity contribution >= 4 is 16.7 Å². The summed E-state index contributed by atoms with van der Waals surface area (Å²) in [6.45, 7) is 2.78. The molecule has 0 aliphatic heterocycles. The van der Waals surface area contributed by atoms with Gasteiger partial charge in [-0.05, 0) is 48.1 Å².